The fourth-order valence-corrected chi connectivity index (χ4v) is 0.717. The van der Waals surface area contributed by atoms with Crippen LogP contribution in [0.25, 0.3) is 0 Å². The van der Waals surface area contributed by atoms with E-state index in [1.165, 1.54) is 0 Å². The Balaban J connectivity index is 2.70. The quantitative estimate of drug-likeness (QED) is 0.420. The van der Waals surface area contributed by atoms with E-state index in [0.717, 1.165) is 17.3 Å². The molecule has 0 unspecified atom stereocenters. The molecule has 0 atom stereocenters. The standard InChI is InChI=1S/C5H11N5/c1-2-4-3-5(6)9-10(7)8-4/h3,8H,2,7H2,1H3,(H2,6,9). The average Bonchev–Trinajstić information content (AvgIpc) is 1.85. The second-order valence-corrected chi connectivity index (χ2v) is 2.00. The van der Waals surface area contributed by atoms with E-state index in [9.17, 15) is 0 Å². The fourth-order valence-electron chi connectivity index (χ4n) is 0.717. The Labute approximate surface area is 59.3 Å². The zero-order valence-electron chi connectivity index (χ0n) is 5.83. The van der Waals surface area contributed by atoms with E-state index < -0.39 is 0 Å². The number of amidine groups is 1. The summed E-state index contributed by atoms with van der Waals surface area (Å²) in [5.74, 6) is 5.73. The minimum atomic E-state index is 0.429. The summed E-state index contributed by atoms with van der Waals surface area (Å²) in [5.41, 5.74) is 9.17. The Morgan fingerprint density at radius 1 is 1.80 bits per heavy atom. The van der Waals surface area contributed by atoms with Gasteiger partial charge >= 0.3 is 0 Å². The highest BCUT2D eigenvalue weighted by Crippen LogP contribution is 1.99. The van der Waals surface area contributed by atoms with Gasteiger partial charge in [0.15, 0.2) is 0 Å². The molecular formula is C5H11N5. The number of hydrogen-bond acceptors (Lipinski definition) is 5. The van der Waals surface area contributed by atoms with Gasteiger partial charge in [0.2, 0.25) is 0 Å². The van der Waals surface area contributed by atoms with Gasteiger partial charge in [-0.1, -0.05) is 6.92 Å². The molecule has 1 heterocycles. The Bertz CT molecular complexity index is 182. The first-order valence-corrected chi connectivity index (χ1v) is 3.08. The average molecular weight is 141 g/mol. The summed E-state index contributed by atoms with van der Waals surface area (Å²) in [6.45, 7) is 2.01. The lowest BCUT2D eigenvalue weighted by Gasteiger charge is -2.20. The van der Waals surface area contributed by atoms with Crippen LogP contribution in [0.4, 0.5) is 0 Å². The van der Waals surface area contributed by atoms with E-state index in [4.69, 9.17) is 11.6 Å². The molecule has 0 radical (unpaired) electrons. The van der Waals surface area contributed by atoms with Gasteiger partial charge < -0.3 is 5.73 Å². The lowest BCUT2D eigenvalue weighted by molar-refractivity contribution is 0.222. The van der Waals surface area contributed by atoms with Crippen LogP contribution in [-0.2, 0) is 0 Å². The molecule has 0 saturated heterocycles. The first-order chi connectivity index (χ1) is 4.72. The molecule has 1 aliphatic heterocycles. The third kappa shape index (κ3) is 1.38. The summed E-state index contributed by atoms with van der Waals surface area (Å²) >= 11 is 0. The van der Waals surface area contributed by atoms with E-state index in [2.05, 4.69) is 10.5 Å². The van der Waals surface area contributed by atoms with Crippen molar-refractivity contribution >= 4 is 5.84 Å². The molecule has 56 valence electrons. The second-order valence-electron chi connectivity index (χ2n) is 2.00. The van der Waals surface area contributed by atoms with Crippen LogP contribution in [0.2, 0.25) is 0 Å². The summed E-state index contributed by atoms with van der Waals surface area (Å²) in [4.78, 5) is 0. The summed E-state index contributed by atoms with van der Waals surface area (Å²) < 4.78 is 0. The molecule has 0 aliphatic carbocycles. The number of hydrogen-bond donors (Lipinski definition) is 3. The smallest absolute Gasteiger partial charge is 0.148 e. The molecule has 0 bridgehead atoms. The molecule has 5 heteroatoms. The molecular weight excluding hydrogens is 130 g/mol. The van der Waals surface area contributed by atoms with Crippen molar-refractivity contribution in [2.24, 2.45) is 16.7 Å². The highest BCUT2D eigenvalue weighted by Gasteiger charge is 2.04. The molecule has 5 nitrogen and oxygen atoms in total. The number of nitrogens with zero attached hydrogens (tertiary/aromatic N) is 2. The van der Waals surface area contributed by atoms with Gasteiger partial charge in [-0.25, -0.2) is 5.84 Å². The summed E-state index contributed by atoms with van der Waals surface area (Å²) in [5, 5.41) is 4.80. The maximum atomic E-state index is 5.40. The molecule has 0 aromatic heterocycles. The molecule has 10 heavy (non-hydrogen) atoms. The van der Waals surface area contributed by atoms with Crippen LogP contribution in [0.3, 0.4) is 0 Å². The molecule has 0 aromatic carbocycles. The minimum absolute atomic E-state index is 0.429. The van der Waals surface area contributed by atoms with Crippen LogP contribution in [-0.4, -0.2) is 11.1 Å². The molecule has 1 aliphatic rings. The van der Waals surface area contributed by atoms with Gasteiger partial charge in [0, 0.05) is 11.8 Å². The van der Waals surface area contributed by atoms with Crippen LogP contribution in [0.15, 0.2) is 16.9 Å². The highest BCUT2D eigenvalue weighted by molar-refractivity contribution is 5.92. The van der Waals surface area contributed by atoms with E-state index in [1.54, 1.807) is 6.08 Å². The number of hydrazone groups is 1. The highest BCUT2D eigenvalue weighted by atomic mass is 15.8. The Kier molecular flexibility index (Phi) is 1.77. The molecule has 0 saturated carbocycles. The second kappa shape index (κ2) is 2.57. The van der Waals surface area contributed by atoms with Crippen molar-refractivity contribution in [3.05, 3.63) is 11.8 Å². The van der Waals surface area contributed by atoms with Gasteiger partial charge in [0.05, 0.1) is 0 Å². The number of rotatable bonds is 1. The number of hydrazine groups is 2. The van der Waals surface area contributed by atoms with Gasteiger partial charge in [-0.15, -0.1) is 10.3 Å². The maximum absolute atomic E-state index is 5.40. The Morgan fingerprint density at radius 2 is 2.50 bits per heavy atom. The van der Waals surface area contributed by atoms with E-state index >= 15 is 0 Å². The lowest BCUT2D eigenvalue weighted by atomic mass is 10.3. The van der Waals surface area contributed by atoms with Crippen LogP contribution in [0.1, 0.15) is 13.3 Å². The largest absolute Gasteiger partial charge is 0.382 e. The van der Waals surface area contributed by atoms with Crippen molar-refractivity contribution in [1.82, 2.24) is 10.7 Å². The van der Waals surface area contributed by atoms with Gasteiger partial charge in [0.25, 0.3) is 0 Å². The van der Waals surface area contributed by atoms with E-state index in [1.807, 2.05) is 6.92 Å². The van der Waals surface area contributed by atoms with Gasteiger partial charge in [-0.3, -0.25) is 5.43 Å². The molecule has 0 fully saturated rings. The topological polar surface area (TPSA) is 79.7 Å². The monoisotopic (exact) mass is 141 g/mol. The van der Waals surface area contributed by atoms with Crippen molar-refractivity contribution < 1.29 is 0 Å². The first kappa shape index (κ1) is 6.88. The van der Waals surface area contributed by atoms with E-state index in [0.29, 0.717) is 5.84 Å². The van der Waals surface area contributed by atoms with Crippen LogP contribution in [0, 0.1) is 0 Å². The van der Waals surface area contributed by atoms with E-state index in [-0.39, 0.29) is 0 Å². The molecule has 0 aromatic rings. The zero-order valence-corrected chi connectivity index (χ0v) is 5.83. The lowest BCUT2D eigenvalue weighted by Crippen LogP contribution is -2.43. The van der Waals surface area contributed by atoms with Crippen LogP contribution < -0.4 is 17.0 Å². The van der Waals surface area contributed by atoms with Gasteiger partial charge in [-0.05, 0) is 6.42 Å². The van der Waals surface area contributed by atoms with Crippen molar-refractivity contribution in [2.75, 3.05) is 0 Å². The normalized spacial score (nSPS) is 17.6. The Morgan fingerprint density at radius 3 is 3.00 bits per heavy atom. The molecule has 5 N–H and O–H groups in total. The summed E-state index contributed by atoms with van der Waals surface area (Å²) in [6.07, 6.45) is 2.62. The van der Waals surface area contributed by atoms with Crippen LogP contribution in [0.5, 0.6) is 0 Å². The molecule has 0 amide bonds. The number of allylic oxidation sites excluding steroid dienone is 1. The van der Waals surface area contributed by atoms with Crippen molar-refractivity contribution in [2.45, 2.75) is 13.3 Å². The minimum Gasteiger partial charge on any atom is -0.382 e. The van der Waals surface area contributed by atoms with Crippen molar-refractivity contribution in [1.29, 1.82) is 0 Å². The number of nitrogens with one attached hydrogen (secondary N) is 1. The van der Waals surface area contributed by atoms with Gasteiger partial charge in [0.1, 0.15) is 5.84 Å². The van der Waals surface area contributed by atoms with Gasteiger partial charge in [-0.2, -0.15) is 0 Å². The first-order valence-electron chi connectivity index (χ1n) is 3.08. The maximum Gasteiger partial charge on any atom is 0.148 e. The predicted octanol–water partition coefficient (Wildman–Crippen LogP) is -0.754. The summed E-state index contributed by atoms with van der Waals surface area (Å²) in [6, 6.07) is 0. The summed E-state index contributed by atoms with van der Waals surface area (Å²) in [7, 11) is 0. The third-order valence-corrected chi connectivity index (χ3v) is 1.18. The van der Waals surface area contributed by atoms with Crippen molar-refractivity contribution in [3.63, 3.8) is 0 Å². The SMILES string of the molecule is CCC1=CC(N)=NN(N)N1. The van der Waals surface area contributed by atoms with Crippen LogP contribution >= 0.6 is 0 Å². The molecule has 1 rings (SSSR count). The molecule has 0 spiro atoms. The number of nitrogens with two attached hydrogens (primary N) is 2. The third-order valence-electron chi connectivity index (χ3n) is 1.18. The fraction of sp³-hybridized carbons (Fsp3) is 0.400. The predicted molar refractivity (Wildman–Crippen MR) is 39.2 cm³/mol. The van der Waals surface area contributed by atoms with Crippen molar-refractivity contribution in [3.8, 4) is 0 Å². The zero-order chi connectivity index (χ0) is 7.56. The Hall–Kier alpha value is -1.23.